The number of amides is 1. The standard InChI is InChI=1S/C17H17NO3S/c1-12(19)15-9-4-5-10-16(15)17(20)18-13-7-6-8-14(11-13)22(2,3)21/h4-11H,2H2,1,3H3,(H,18,20). The number of carbonyl (C=O) groups excluding carboxylic acids is 2. The molecule has 0 saturated carbocycles. The summed E-state index contributed by atoms with van der Waals surface area (Å²) in [7, 11) is -2.35. The van der Waals surface area contributed by atoms with Gasteiger partial charge in [-0.2, -0.15) is 0 Å². The second kappa shape index (κ2) is 6.15. The number of benzene rings is 2. The van der Waals surface area contributed by atoms with E-state index in [-0.39, 0.29) is 11.7 Å². The molecular weight excluding hydrogens is 298 g/mol. The fourth-order valence-electron chi connectivity index (χ4n) is 2.03. The van der Waals surface area contributed by atoms with Crippen molar-refractivity contribution in [1.29, 1.82) is 0 Å². The lowest BCUT2D eigenvalue weighted by molar-refractivity contribution is 0.0985. The van der Waals surface area contributed by atoms with Gasteiger partial charge in [0.1, 0.15) is 0 Å². The second-order valence-electron chi connectivity index (χ2n) is 5.09. The molecule has 0 saturated heterocycles. The van der Waals surface area contributed by atoms with Gasteiger partial charge in [-0.15, -0.1) is 0 Å². The Bertz CT molecular complexity index is 838. The molecule has 0 aliphatic carbocycles. The van der Waals surface area contributed by atoms with Crippen LogP contribution in [0.5, 0.6) is 0 Å². The predicted molar refractivity (Wildman–Crippen MR) is 90.3 cm³/mol. The van der Waals surface area contributed by atoms with Crippen LogP contribution >= 0.6 is 0 Å². The van der Waals surface area contributed by atoms with Crippen LogP contribution in [-0.4, -0.2) is 28.0 Å². The van der Waals surface area contributed by atoms with Crippen molar-refractivity contribution in [2.24, 2.45) is 0 Å². The average molecular weight is 315 g/mol. The van der Waals surface area contributed by atoms with Gasteiger partial charge in [0.25, 0.3) is 5.91 Å². The van der Waals surface area contributed by atoms with Gasteiger partial charge in [-0.25, -0.2) is 0 Å². The van der Waals surface area contributed by atoms with Crippen LogP contribution in [0.3, 0.4) is 0 Å². The Morgan fingerprint density at radius 3 is 2.27 bits per heavy atom. The molecule has 4 nitrogen and oxygen atoms in total. The van der Waals surface area contributed by atoms with Crippen molar-refractivity contribution >= 4 is 32.8 Å². The molecule has 0 fully saturated rings. The number of anilines is 1. The monoisotopic (exact) mass is 315 g/mol. The summed E-state index contributed by atoms with van der Waals surface area (Å²) in [6, 6.07) is 13.4. The molecule has 22 heavy (non-hydrogen) atoms. The molecule has 0 spiro atoms. The molecule has 0 aromatic heterocycles. The van der Waals surface area contributed by atoms with Crippen molar-refractivity contribution < 1.29 is 13.8 Å². The smallest absolute Gasteiger partial charge is 0.256 e. The third-order valence-electron chi connectivity index (χ3n) is 3.14. The van der Waals surface area contributed by atoms with Crippen LogP contribution in [0, 0.1) is 0 Å². The number of hydrogen-bond donors (Lipinski definition) is 1. The van der Waals surface area contributed by atoms with Crippen LogP contribution in [0.2, 0.25) is 0 Å². The van der Waals surface area contributed by atoms with Gasteiger partial charge in [-0.3, -0.25) is 13.8 Å². The van der Waals surface area contributed by atoms with Crippen LogP contribution in [0.1, 0.15) is 27.6 Å². The predicted octanol–water partition coefficient (Wildman–Crippen LogP) is 2.85. The fourth-order valence-corrected chi connectivity index (χ4v) is 2.77. The van der Waals surface area contributed by atoms with Gasteiger partial charge in [0, 0.05) is 22.4 Å². The number of ketones is 1. The highest BCUT2D eigenvalue weighted by atomic mass is 32.2. The summed E-state index contributed by atoms with van der Waals surface area (Å²) in [4.78, 5) is 24.5. The third kappa shape index (κ3) is 3.62. The quantitative estimate of drug-likeness (QED) is 0.697. The summed E-state index contributed by atoms with van der Waals surface area (Å²) in [6.45, 7) is 1.42. The Morgan fingerprint density at radius 1 is 1.05 bits per heavy atom. The largest absolute Gasteiger partial charge is 0.322 e. The maximum Gasteiger partial charge on any atom is 0.256 e. The van der Waals surface area contributed by atoms with E-state index in [0.717, 1.165) is 0 Å². The van der Waals surface area contributed by atoms with Gasteiger partial charge in [-0.1, -0.05) is 24.3 Å². The summed E-state index contributed by atoms with van der Waals surface area (Å²) in [6.07, 6.45) is 1.54. The topological polar surface area (TPSA) is 63.2 Å². The van der Waals surface area contributed by atoms with Crippen LogP contribution in [0.25, 0.3) is 0 Å². The summed E-state index contributed by atoms with van der Waals surface area (Å²) in [5.41, 5.74) is 1.19. The van der Waals surface area contributed by atoms with E-state index >= 15 is 0 Å². The van der Waals surface area contributed by atoms with Gasteiger partial charge in [0.2, 0.25) is 0 Å². The zero-order valence-electron chi connectivity index (χ0n) is 12.5. The minimum Gasteiger partial charge on any atom is -0.322 e. The Morgan fingerprint density at radius 2 is 1.68 bits per heavy atom. The van der Waals surface area contributed by atoms with Gasteiger partial charge in [0.05, 0.1) is 5.56 Å². The van der Waals surface area contributed by atoms with E-state index in [0.29, 0.717) is 21.7 Å². The van der Waals surface area contributed by atoms with Gasteiger partial charge in [0.15, 0.2) is 5.78 Å². The second-order valence-corrected chi connectivity index (χ2v) is 7.57. The van der Waals surface area contributed by atoms with Gasteiger partial charge >= 0.3 is 0 Å². The minimum absolute atomic E-state index is 0.172. The zero-order valence-corrected chi connectivity index (χ0v) is 13.3. The van der Waals surface area contributed by atoms with E-state index in [9.17, 15) is 13.8 Å². The molecule has 2 aromatic carbocycles. The number of hydrogen-bond acceptors (Lipinski definition) is 3. The summed E-state index contributed by atoms with van der Waals surface area (Å²) in [5, 5.41) is 2.72. The number of nitrogens with one attached hydrogen (secondary N) is 1. The molecule has 2 rings (SSSR count). The molecule has 0 aliphatic heterocycles. The first kappa shape index (κ1) is 16.0. The van der Waals surface area contributed by atoms with E-state index in [1.807, 2.05) is 0 Å². The molecule has 1 N–H and O–H groups in total. The summed E-state index contributed by atoms with van der Waals surface area (Å²) in [5.74, 6) is 3.07. The van der Waals surface area contributed by atoms with Gasteiger partial charge in [-0.05, 0) is 46.6 Å². The summed E-state index contributed by atoms with van der Waals surface area (Å²) < 4.78 is 12.0. The van der Waals surface area contributed by atoms with E-state index in [1.54, 1.807) is 54.8 Å². The molecule has 1 amide bonds. The van der Waals surface area contributed by atoms with Crippen LogP contribution in [-0.2, 0) is 9.52 Å². The normalized spacial score (nSPS) is 13.2. The molecule has 0 radical (unpaired) electrons. The highest BCUT2D eigenvalue weighted by Crippen LogP contribution is 2.17. The van der Waals surface area contributed by atoms with E-state index < -0.39 is 9.52 Å². The lowest BCUT2D eigenvalue weighted by Gasteiger charge is -2.10. The van der Waals surface area contributed by atoms with Crippen molar-refractivity contribution in [2.75, 3.05) is 11.6 Å². The fraction of sp³-hybridized carbons (Fsp3) is 0.118. The highest BCUT2D eigenvalue weighted by molar-refractivity contribution is 7.99. The Hall–Kier alpha value is -2.40. The van der Waals surface area contributed by atoms with Crippen molar-refractivity contribution in [2.45, 2.75) is 11.8 Å². The van der Waals surface area contributed by atoms with E-state index in [2.05, 4.69) is 11.2 Å². The van der Waals surface area contributed by atoms with Crippen molar-refractivity contribution in [3.63, 3.8) is 0 Å². The SMILES string of the molecule is C=S(C)(=O)c1cccc(NC(=O)c2ccccc2C(C)=O)c1. The highest BCUT2D eigenvalue weighted by Gasteiger charge is 2.14. The summed E-state index contributed by atoms with van der Waals surface area (Å²) >= 11 is 0. The zero-order chi connectivity index (χ0) is 16.3. The maximum atomic E-state index is 12.4. The van der Waals surface area contributed by atoms with Crippen molar-refractivity contribution in [3.05, 3.63) is 59.7 Å². The molecule has 0 aliphatic rings. The number of rotatable bonds is 4. The van der Waals surface area contributed by atoms with Crippen LogP contribution in [0.15, 0.2) is 53.4 Å². The van der Waals surface area contributed by atoms with E-state index in [1.165, 1.54) is 6.92 Å². The van der Waals surface area contributed by atoms with Crippen LogP contribution in [0.4, 0.5) is 5.69 Å². The van der Waals surface area contributed by atoms with Gasteiger partial charge < -0.3 is 5.32 Å². The Balaban J connectivity index is 2.33. The lowest BCUT2D eigenvalue weighted by atomic mass is 10.0. The van der Waals surface area contributed by atoms with E-state index in [4.69, 9.17) is 0 Å². The van der Waals surface area contributed by atoms with Crippen molar-refractivity contribution in [1.82, 2.24) is 0 Å². The Kier molecular flexibility index (Phi) is 4.47. The van der Waals surface area contributed by atoms with Crippen LogP contribution < -0.4 is 5.32 Å². The average Bonchev–Trinajstić information content (AvgIpc) is 2.46. The first-order chi connectivity index (χ1) is 10.3. The third-order valence-corrected chi connectivity index (χ3v) is 4.39. The number of Topliss-reactive ketones (excluding diaryl/α,β-unsaturated/α-hetero) is 1. The lowest BCUT2D eigenvalue weighted by Crippen LogP contribution is -2.15. The molecular formula is C17H17NO3S. The minimum atomic E-state index is -2.35. The van der Waals surface area contributed by atoms with Crippen molar-refractivity contribution in [3.8, 4) is 0 Å². The molecule has 1 unspecified atom stereocenters. The molecule has 2 aromatic rings. The first-order valence-electron chi connectivity index (χ1n) is 6.62. The Labute approximate surface area is 130 Å². The molecule has 0 heterocycles. The molecule has 5 heteroatoms. The first-order valence-corrected chi connectivity index (χ1v) is 8.76. The molecule has 114 valence electrons. The maximum absolute atomic E-state index is 12.4. The molecule has 1 atom stereocenters. The number of carbonyl (C=O) groups is 2. The molecule has 0 bridgehead atoms.